The van der Waals surface area contributed by atoms with Gasteiger partial charge in [0.15, 0.2) is 18.1 Å². The lowest BCUT2D eigenvalue weighted by Crippen LogP contribution is -2.24. The molecule has 0 aliphatic carbocycles. The molecule has 3 rings (SSSR count). The van der Waals surface area contributed by atoms with Crippen LogP contribution in [-0.4, -0.2) is 36.9 Å². The Balaban J connectivity index is 1.54. The molecule has 170 valence electrons. The van der Waals surface area contributed by atoms with Crippen LogP contribution < -0.4 is 19.6 Å². The normalized spacial score (nSPS) is 10.6. The third-order valence-corrected chi connectivity index (χ3v) is 4.82. The topological polar surface area (TPSA) is 106 Å². The van der Waals surface area contributed by atoms with E-state index >= 15 is 0 Å². The average Bonchev–Trinajstić information content (AvgIpc) is 2.82. The Morgan fingerprint density at radius 1 is 1.03 bits per heavy atom. The van der Waals surface area contributed by atoms with E-state index < -0.39 is 11.9 Å². The number of carboxylic acids is 1. The summed E-state index contributed by atoms with van der Waals surface area (Å²) in [5, 5.41) is 13.0. The summed E-state index contributed by atoms with van der Waals surface area (Å²) in [6.07, 6.45) is 1.47. The summed E-state index contributed by atoms with van der Waals surface area (Å²) >= 11 is 3.34. The molecular weight excluding hydrogens is 492 g/mol. The zero-order chi connectivity index (χ0) is 23.6. The second-order valence-corrected chi connectivity index (χ2v) is 7.66. The van der Waals surface area contributed by atoms with E-state index in [-0.39, 0.29) is 18.8 Å². The molecule has 0 aliphatic rings. The largest absolute Gasteiger partial charge is 0.493 e. The summed E-state index contributed by atoms with van der Waals surface area (Å²) in [5.41, 5.74) is 3.99. The van der Waals surface area contributed by atoms with Gasteiger partial charge in [-0.25, -0.2) is 10.2 Å². The molecule has 0 heterocycles. The number of carboxylic acid groups (broad SMARTS) is 1. The van der Waals surface area contributed by atoms with Crippen molar-refractivity contribution in [3.63, 3.8) is 0 Å². The fourth-order valence-corrected chi connectivity index (χ4v) is 3.13. The number of halogens is 1. The van der Waals surface area contributed by atoms with Crippen LogP contribution >= 0.6 is 15.9 Å². The van der Waals surface area contributed by atoms with Crippen molar-refractivity contribution in [2.75, 3.05) is 13.7 Å². The molecule has 0 bridgehead atoms. The van der Waals surface area contributed by atoms with Gasteiger partial charge >= 0.3 is 5.97 Å². The molecule has 0 radical (unpaired) electrons. The first-order valence-corrected chi connectivity index (χ1v) is 10.6. The molecular formula is C24H21BrN2O6. The molecule has 0 aliphatic heterocycles. The second kappa shape index (κ2) is 11.7. The SMILES string of the molecule is COc1cc(/C=N/NC(=O)COc2cccc(Br)c2)ccc1OCc1cccc(C(=O)O)c1. The van der Waals surface area contributed by atoms with Gasteiger partial charge in [0.25, 0.3) is 5.91 Å². The lowest BCUT2D eigenvalue weighted by Gasteiger charge is -2.11. The number of carbonyl (C=O) groups is 2. The van der Waals surface area contributed by atoms with Gasteiger partial charge in [-0.1, -0.05) is 34.1 Å². The number of amides is 1. The molecule has 3 aromatic carbocycles. The Labute approximate surface area is 198 Å². The number of hydrogen-bond donors (Lipinski definition) is 2. The average molecular weight is 513 g/mol. The molecule has 8 nitrogen and oxygen atoms in total. The van der Waals surface area contributed by atoms with Gasteiger partial charge in [-0.2, -0.15) is 5.10 Å². The van der Waals surface area contributed by atoms with Crippen molar-refractivity contribution in [3.8, 4) is 17.2 Å². The molecule has 0 aromatic heterocycles. The molecule has 0 saturated heterocycles. The van der Waals surface area contributed by atoms with Crippen LogP contribution in [0.4, 0.5) is 0 Å². The predicted octanol–water partition coefficient (Wildman–Crippen LogP) is 4.26. The molecule has 0 atom stereocenters. The van der Waals surface area contributed by atoms with Crippen LogP contribution in [0.2, 0.25) is 0 Å². The number of methoxy groups -OCH3 is 1. The zero-order valence-corrected chi connectivity index (χ0v) is 19.2. The summed E-state index contributed by atoms with van der Waals surface area (Å²) in [5.74, 6) is 0.129. The summed E-state index contributed by atoms with van der Waals surface area (Å²) in [6.45, 7) is 0.00588. The van der Waals surface area contributed by atoms with Crippen LogP contribution in [0.1, 0.15) is 21.5 Å². The van der Waals surface area contributed by atoms with E-state index in [1.807, 2.05) is 12.1 Å². The van der Waals surface area contributed by atoms with Gasteiger partial charge in [-0.15, -0.1) is 0 Å². The minimum Gasteiger partial charge on any atom is -0.493 e. The van der Waals surface area contributed by atoms with Gasteiger partial charge in [-0.05, 0) is 59.7 Å². The molecule has 3 aromatic rings. The third-order valence-electron chi connectivity index (χ3n) is 4.32. The van der Waals surface area contributed by atoms with Crippen LogP contribution in [-0.2, 0) is 11.4 Å². The van der Waals surface area contributed by atoms with Crippen molar-refractivity contribution < 1.29 is 28.9 Å². The standard InChI is InChI=1S/C24H21BrN2O6/c1-31-22-11-16(13-26-27-23(28)15-32-20-7-3-6-19(25)12-20)8-9-21(22)33-14-17-4-2-5-18(10-17)24(29)30/h2-13H,14-15H2,1H3,(H,27,28)(H,29,30)/b26-13+. The van der Waals surface area contributed by atoms with E-state index in [2.05, 4.69) is 26.5 Å². The maximum absolute atomic E-state index is 11.9. The summed E-state index contributed by atoms with van der Waals surface area (Å²) in [7, 11) is 1.51. The van der Waals surface area contributed by atoms with E-state index in [1.54, 1.807) is 48.5 Å². The van der Waals surface area contributed by atoms with E-state index in [1.165, 1.54) is 19.4 Å². The minimum absolute atomic E-state index is 0.174. The van der Waals surface area contributed by atoms with E-state index in [0.717, 1.165) is 10.0 Å². The van der Waals surface area contributed by atoms with Crippen LogP contribution in [0, 0.1) is 0 Å². The fourth-order valence-electron chi connectivity index (χ4n) is 2.76. The lowest BCUT2D eigenvalue weighted by molar-refractivity contribution is -0.123. The number of benzene rings is 3. The molecule has 9 heteroatoms. The monoisotopic (exact) mass is 512 g/mol. The Kier molecular flexibility index (Phi) is 8.43. The molecule has 2 N–H and O–H groups in total. The maximum atomic E-state index is 11.9. The van der Waals surface area contributed by atoms with Crippen molar-refractivity contribution in [3.05, 3.63) is 87.9 Å². The molecule has 33 heavy (non-hydrogen) atoms. The molecule has 0 unspecified atom stereocenters. The molecule has 0 fully saturated rings. The first-order chi connectivity index (χ1) is 15.9. The van der Waals surface area contributed by atoms with Crippen molar-refractivity contribution in [1.29, 1.82) is 0 Å². The molecule has 0 spiro atoms. The Morgan fingerprint density at radius 3 is 2.61 bits per heavy atom. The van der Waals surface area contributed by atoms with Gasteiger partial charge in [-0.3, -0.25) is 4.79 Å². The predicted molar refractivity (Wildman–Crippen MR) is 126 cm³/mol. The van der Waals surface area contributed by atoms with Crippen LogP contribution in [0.15, 0.2) is 76.3 Å². The highest BCUT2D eigenvalue weighted by atomic mass is 79.9. The minimum atomic E-state index is -0.995. The van der Waals surface area contributed by atoms with E-state index in [9.17, 15) is 9.59 Å². The quantitative estimate of drug-likeness (QED) is 0.310. The number of nitrogens with one attached hydrogen (secondary N) is 1. The Morgan fingerprint density at radius 2 is 1.85 bits per heavy atom. The van der Waals surface area contributed by atoms with E-state index in [4.69, 9.17) is 19.3 Å². The molecule has 1 amide bonds. The zero-order valence-electron chi connectivity index (χ0n) is 17.7. The number of hydrogen-bond acceptors (Lipinski definition) is 6. The van der Waals surface area contributed by atoms with Gasteiger partial charge in [0.1, 0.15) is 12.4 Å². The van der Waals surface area contributed by atoms with Crippen molar-refractivity contribution in [1.82, 2.24) is 5.43 Å². The maximum Gasteiger partial charge on any atom is 0.335 e. The first kappa shape index (κ1) is 23.8. The van der Waals surface area contributed by atoms with Gasteiger partial charge in [0.05, 0.1) is 18.9 Å². The van der Waals surface area contributed by atoms with Crippen molar-refractivity contribution >= 4 is 34.0 Å². The number of aromatic carboxylic acids is 1. The summed E-state index contributed by atoms with van der Waals surface area (Å²) in [6, 6.07) is 18.9. The highest BCUT2D eigenvalue weighted by Crippen LogP contribution is 2.28. The van der Waals surface area contributed by atoms with Crippen molar-refractivity contribution in [2.24, 2.45) is 5.10 Å². The smallest absolute Gasteiger partial charge is 0.335 e. The number of nitrogens with zero attached hydrogens (tertiary/aromatic N) is 1. The van der Waals surface area contributed by atoms with Gasteiger partial charge < -0.3 is 19.3 Å². The van der Waals surface area contributed by atoms with E-state index in [0.29, 0.717) is 22.8 Å². The van der Waals surface area contributed by atoms with Crippen LogP contribution in [0.25, 0.3) is 0 Å². The Hall–Kier alpha value is -3.85. The second-order valence-electron chi connectivity index (χ2n) is 6.74. The summed E-state index contributed by atoms with van der Waals surface area (Å²) in [4.78, 5) is 23.0. The summed E-state index contributed by atoms with van der Waals surface area (Å²) < 4.78 is 17.4. The van der Waals surface area contributed by atoms with Crippen LogP contribution in [0.5, 0.6) is 17.2 Å². The highest BCUT2D eigenvalue weighted by molar-refractivity contribution is 9.10. The molecule has 0 saturated carbocycles. The highest BCUT2D eigenvalue weighted by Gasteiger charge is 2.08. The fraction of sp³-hybridized carbons (Fsp3) is 0.125. The number of hydrazone groups is 1. The van der Waals surface area contributed by atoms with Gasteiger partial charge in [0.2, 0.25) is 0 Å². The third kappa shape index (κ3) is 7.36. The van der Waals surface area contributed by atoms with Crippen LogP contribution in [0.3, 0.4) is 0 Å². The number of rotatable bonds is 10. The first-order valence-electron chi connectivity index (χ1n) is 9.78. The number of ether oxygens (including phenoxy) is 3. The Bertz CT molecular complexity index is 1170. The lowest BCUT2D eigenvalue weighted by atomic mass is 10.1. The van der Waals surface area contributed by atoms with Gasteiger partial charge in [0, 0.05) is 4.47 Å². The number of carbonyl (C=O) groups excluding carboxylic acids is 1. The van der Waals surface area contributed by atoms with Crippen molar-refractivity contribution in [2.45, 2.75) is 6.61 Å².